The number of rotatable bonds is 3. The second kappa shape index (κ2) is 4.39. The first-order valence-electron chi connectivity index (χ1n) is 5.36. The van der Waals surface area contributed by atoms with Gasteiger partial charge in [-0.25, -0.2) is 0 Å². The summed E-state index contributed by atoms with van der Waals surface area (Å²) >= 11 is 0. The van der Waals surface area contributed by atoms with Crippen molar-refractivity contribution in [3.05, 3.63) is 35.9 Å². The van der Waals surface area contributed by atoms with Crippen LogP contribution in [-0.4, -0.2) is 12.1 Å². The molecule has 0 amide bonds. The second-order valence-corrected chi connectivity index (χ2v) is 4.14. The van der Waals surface area contributed by atoms with Crippen molar-refractivity contribution in [1.29, 1.82) is 0 Å². The lowest BCUT2D eigenvalue weighted by molar-refractivity contribution is -0.110. The molecule has 0 aromatic heterocycles. The lowest BCUT2D eigenvalue weighted by atomic mass is 9.95. The maximum Gasteiger partial charge on any atom is 0.165 e. The molecule has 0 heterocycles. The summed E-state index contributed by atoms with van der Waals surface area (Å²) in [5.41, 5.74) is 0.772. The summed E-state index contributed by atoms with van der Waals surface area (Å²) in [5, 5.41) is 0. The highest BCUT2D eigenvalue weighted by molar-refractivity contribution is 5.98. The Morgan fingerprint density at radius 2 is 1.93 bits per heavy atom. The van der Waals surface area contributed by atoms with E-state index in [1.54, 1.807) is 0 Å². The van der Waals surface area contributed by atoms with E-state index in [1.807, 2.05) is 30.3 Å². The molecule has 0 unspecified atom stereocenters. The van der Waals surface area contributed by atoms with Gasteiger partial charge in [-0.3, -0.25) is 4.79 Å². The molecule has 0 bridgehead atoms. The number of hydrogen-bond acceptors (Lipinski definition) is 2. The minimum Gasteiger partial charge on any atom is -0.303 e. The number of ketones is 1. The number of carbonyl (C=O) groups is 2. The molecular weight excluding hydrogens is 188 g/mol. The molecule has 2 rings (SSSR count). The van der Waals surface area contributed by atoms with Crippen LogP contribution in [0.15, 0.2) is 30.3 Å². The van der Waals surface area contributed by atoms with Gasteiger partial charge in [0.1, 0.15) is 6.29 Å². The molecule has 1 aliphatic carbocycles. The minimum atomic E-state index is 0.0580. The van der Waals surface area contributed by atoms with Crippen molar-refractivity contribution in [1.82, 2.24) is 0 Å². The maximum atomic E-state index is 12.0. The van der Waals surface area contributed by atoms with Crippen molar-refractivity contribution in [2.24, 2.45) is 11.8 Å². The van der Waals surface area contributed by atoms with E-state index >= 15 is 0 Å². The molecule has 0 N–H and O–H groups in total. The van der Waals surface area contributed by atoms with Gasteiger partial charge in [-0.2, -0.15) is 0 Å². The number of carbonyl (C=O) groups excluding carboxylic acids is 2. The summed E-state index contributed by atoms with van der Waals surface area (Å²) in [4.78, 5) is 22.6. The first kappa shape index (κ1) is 10.1. The number of Topliss-reactive ketones (excluding diaryl/α,β-unsaturated/α-hetero) is 1. The van der Waals surface area contributed by atoms with Crippen LogP contribution in [0.1, 0.15) is 29.6 Å². The van der Waals surface area contributed by atoms with E-state index < -0.39 is 0 Å². The zero-order valence-corrected chi connectivity index (χ0v) is 8.56. The molecule has 78 valence electrons. The van der Waals surface area contributed by atoms with E-state index in [-0.39, 0.29) is 17.6 Å². The molecule has 1 aromatic carbocycles. The third-order valence-corrected chi connectivity index (χ3v) is 3.09. The second-order valence-electron chi connectivity index (χ2n) is 4.14. The van der Waals surface area contributed by atoms with Gasteiger partial charge in [-0.15, -0.1) is 0 Å². The van der Waals surface area contributed by atoms with Gasteiger partial charge in [-0.1, -0.05) is 30.3 Å². The molecular formula is C13H14O2. The largest absolute Gasteiger partial charge is 0.303 e. The van der Waals surface area contributed by atoms with Gasteiger partial charge in [0, 0.05) is 17.4 Å². The Morgan fingerprint density at radius 1 is 1.20 bits per heavy atom. The maximum absolute atomic E-state index is 12.0. The fourth-order valence-electron chi connectivity index (χ4n) is 2.22. The SMILES string of the molecule is O=C[C@@H]1CC[C@@H](C(=O)c2ccccc2)C1. The van der Waals surface area contributed by atoms with Crippen molar-refractivity contribution in [2.45, 2.75) is 19.3 Å². The predicted octanol–water partition coefficient (Wildman–Crippen LogP) is 2.48. The molecule has 2 atom stereocenters. The topological polar surface area (TPSA) is 34.1 Å². The number of aldehydes is 1. The Hall–Kier alpha value is -1.44. The van der Waals surface area contributed by atoms with Crippen LogP contribution in [0.25, 0.3) is 0 Å². The van der Waals surface area contributed by atoms with Crippen molar-refractivity contribution >= 4 is 12.1 Å². The predicted molar refractivity (Wildman–Crippen MR) is 57.7 cm³/mol. The smallest absolute Gasteiger partial charge is 0.165 e. The zero-order chi connectivity index (χ0) is 10.7. The summed E-state index contributed by atoms with van der Waals surface area (Å²) in [6, 6.07) is 9.34. The number of benzene rings is 1. The van der Waals surface area contributed by atoms with Crippen molar-refractivity contribution in [3.63, 3.8) is 0 Å². The molecule has 2 heteroatoms. The van der Waals surface area contributed by atoms with Gasteiger partial charge in [0.2, 0.25) is 0 Å². The van der Waals surface area contributed by atoms with Gasteiger partial charge in [0.05, 0.1) is 0 Å². The molecule has 2 nitrogen and oxygen atoms in total. The van der Waals surface area contributed by atoms with Crippen LogP contribution in [0.3, 0.4) is 0 Å². The van der Waals surface area contributed by atoms with Crippen LogP contribution in [0.5, 0.6) is 0 Å². The van der Waals surface area contributed by atoms with Crippen molar-refractivity contribution in [3.8, 4) is 0 Å². The normalized spacial score (nSPS) is 25.1. The lowest BCUT2D eigenvalue weighted by Crippen LogP contribution is -2.11. The summed E-state index contributed by atoms with van der Waals surface area (Å²) in [6.07, 6.45) is 3.44. The summed E-state index contributed by atoms with van der Waals surface area (Å²) < 4.78 is 0. The van der Waals surface area contributed by atoms with Crippen molar-refractivity contribution in [2.75, 3.05) is 0 Å². The van der Waals surface area contributed by atoms with Gasteiger partial charge < -0.3 is 4.79 Å². The van der Waals surface area contributed by atoms with Gasteiger partial charge >= 0.3 is 0 Å². The average molecular weight is 202 g/mol. The summed E-state index contributed by atoms with van der Waals surface area (Å²) in [5.74, 6) is 0.352. The standard InChI is InChI=1S/C13H14O2/c14-9-10-6-7-12(8-10)13(15)11-4-2-1-3-5-11/h1-5,9-10,12H,6-8H2/t10-,12-/m1/s1. The Balaban J connectivity index is 2.07. The summed E-state index contributed by atoms with van der Waals surface area (Å²) in [6.45, 7) is 0. The Morgan fingerprint density at radius 3 is 2.53 bits per heavy atom. The van der Waals surface area contributed by atoms with Gasteiger partial charge in [0.15, 0.2) is 5.78 Å². The molecule has 0 saturated heterocycles. The molecule has 0 spiro atoms. The molecule has 1 aliphatic rings. The van der Waals surface area contributed by atoms with Crippen LogP contribution in [0.4, 0.5) is 0 Å². The van der Waals surface area contributed by atoms with Gasteiger partial charge in [-0.05, 0) is 19.3 Å². The minimum absolute atomic E-state index is 0.0580. The van der Waals surface area contributed by atoms with Crippen molar-refractivity contribution < 1.29 is 9.59 Å². The van der Waals surface area contributed by atoms with Gasteiger partial charge in [0.25, 0.3) is 0 Å². The third kappa shape index (κ3) is 2.14. The van der Waals surface area contributed by atoms with Crippen LogP contribution >= 0.6 is 0 Å². The van der Waals surface area contributed by atoms with Crippen LogP contribution in [0, 0.1) is 11.8 Å². The van der Waals surface area contributed by atoms with Crippen LogP contribution in [-0.2, 0) is 4.79 Å². The van der Waals surface area contributed by atoms with E-state index in [9.17, 15) is 9.59 Å². The van der Waals surface area contributed by atoms with Crippen LogP contribution in [0.2, 0.25) is 0 Å². The Kier molecular flexibility index (Phi) is 2.95. The van der Waals surface area contributed by atoms with E-state index in [0.29, 0.717) is 0 Å². The molecule has 1 fully saturated rings. The highest BCUT2D eigenvalue weighted by Crippen LogP contribution is 2.31. The summed E-state index contributed by atoms with van der Waals surface area (Å²) in [7, 11) is 0. The van der Waals surface area contributed by atoms with E-state index in [2.05, 4.69) is 0 Å². The highest BCUT2D eigenvalue weighted by Gasteiger charge is 2.29. The molecule has 1 saturated carbocycles. The monoisotopic (exact) mass is 202 g/mol. The lowest BCUT2D eigenvalue weighted by Gasteiger charge is -2.07. The molecule has 0 aliphatic heterocycles. The highest BCUT2D eigenvalue weighted by atomic mass is 16.1. The van der Waals surface area contributed by atoms with E-state index in [0.717, 1.165) is 31.1 Å². The number of hydrogen-bond donors (Lipinski definition) is 0. The quantitative estimate of drug-likeness (QED) is 0.557. The average Bonchev–Trinajstić information content (AvgIpc) is 2.78. The van der Waals surface area contributed by atoms with Crippen LogP contribution < -0.4 is 0 Å². The Bertz CT molecular complexity index is 356. The Labute approximate surface area is 89.3 Å². The fraction of sp³-hybridized carbons (Fsp3) is 0.385. The van der Waals surface area contributed by atoms with E-state index in [1.165, 1.54) is 0 Å². The fourth-order valence-corrected chi connectivity index (χ4v) is 2.22. The first-order chi connectivity index (χ1) is 7.31. The third-order valence-electron chi connectivity index (χ3n) is 3.09. The molecule has 1 aromatic rings. The molecule has 0 radical (unpaired) electrons. The van der Waals surface area contributed by atoms with E-state index in [4.69, 9.17) is 0 Å². The zero-order valence-electron chi connectivity index (χ0n) is 8.56. The molecule has 15 heavy (non-hydrogen) atoms. The first-order valence-corrected chi connectivity index (χ1v) is 5.36.